The third kappa shape index (κ3) is 3.28. The van der Waals surface area contributed by atoms with E-state index in [0.717, 1.165) is 6.07 Å². The molecule has 24 heavy (non-hydrogen) atoms. The summed E-state index contributed by atoms with van der Waals surface area (Å²) in [5.74, 6) is 0. The van der Waals surface area contributed by atoms with Gasteiger partial charge in [0, 0.05) is 10.6 Å². The number of halogens is 4. The molecule has 0 unspecified atom stereocenters. The second kappa shape index (κ2) is 6.28. The standard InChI is InChI=1S/C17H13ClF3N3/c1-10-16(24-23-9-22-10)12-4-7-14(15(8-12)17(19,20)21)11-2-5-13(18)6-3-11/h2-10H,1H3,(H,22,23)/t10-/m0/s1. The third-order valence-electron chi connectivity index (χ3n) is 3.71. The van der Waals surface area contributed by atoms with Crippen LogP contribution >= 0.6 is 11.6 Å². The van der Waals surface area contributed by atoms with Crippen LogP contribution < -0.4 is 5.43 Å². The molecule has 2 aromatic rings. The fraction of sp³-hybridized carbons (Fsp3) is 0.176. The fourth-order valence-electron chi connectivity index (χ4n) is 2.53. The van der Waals surface area contributed by atoms with Gasteiger partial charge in [0.05, 0.1) is 17.3 Å². The molecular weight excluding hydrogens is 339 g/mol. The first-order valence-electron chi connectivity index (χ1n) is 7.18. The quantitative estimate of drug-likeness (QED) is 0.832. The van der Waals surface area contributed by atoms with Gasteiger partial charge in [0.1, 0.15) is 6.34 Å². The summed E-state index contributed by atoms with van der Waals surface area (Å²) < 4.78 is 40.6. The second-order valence-electron chi connectivity index (χ2n) is 5.35. The monoisotopic (exact) mass is 351 g/mol. The van der Waals surface area contributed by atoms with Crippen molar-refractivity contribution in [1.82, 2.24) is 5.43 Å². The molecule has 2 aromatic carbocycles. The predicted molar refractivity (Wildman–Crippen MR) is 89.5 cm³/mol. The Balaban J connectivity index is 2.11. The smallest absolute Gasteiger partial charge is 0.268 e. The van der Waals surface area contributed by atoms with Crippen LogP contribution in [0.4, 0.5) is 13.2 Å². The zero-order chi connectivity index (χ0) is 17.3. The van der Waals surface area contributed by atoms with Crippen LogP contribution in [-0.2, 0) is 6.18 Å². The number of hydrazone groups is 1. The van der Waals surface area contributed by atoms with Gasteiger partial charge in [-0.2, -0.15) is 18.3 Å². The summed E-state index contributed by atoms with van der Waals surface area (Å²) in [6.07, 6.45) is -3.07. The summed E-state index contributed by atoms with van der Waals surface area (Å²) in [6, 6.07) is 10.1. The highest BCUT2D eigenvalue weighted by Crippen LogP contribution is 2.38. The van der Waals surface area contributed by atoms with Crippen LogP contribution in [0.25, 0.3) is 11.1 Å². The maximum absolute atomic E-state index is 13.5. The molecule has 1 N–H and O–H groups in total. The Morgan fingerprint density at radius 1 is 1.04 bits per heavy atom. The van der Waals surface area contributed by atoms with E-state index >= 15 is 0 Å². The van der Waals surface area contributed by atoms with Crippen molar-refractivity contribution in [3.63, 3.8) is 0 Å². The minimum absolute atomic E-state index is 0.100. The molecule has 0 saturated heterocycles. The van der Waals surface area contributed by atoms with E-state index in [0.29, 0.717) is 21.9 Å². The molecule has 3 rings (SSSR count). The highest BCUT2D eigenvalue weighted by Gasteiger charge is 2.34. The number of nitrogens with one attached hydrogen (secondary N) is 1. The van der Waals surface area contributed by atoms with Crippen molar-refractivity contribution >= 4 is 23.7 Å². The van der Waals surface area contributed by atoms with Gasteiger partial charge in [-0.3, -0.25) is 10.4 Å². The zero-order valence-electron chi connectivity index (χ0n) is 12.6. The summed E-state index contributed by atoms with van der Waals surface area (Å²) >= 11 is 5.81. The second-order valence-corrected chi connectivity index (χ2v) is 5.78. The molecule has 124 valence electrons. The molecule has 1 aliphatic rings. The number of nitrogens with zero attached hydrogens (tertiary/aromatic N) is 2. The average Bonchev–Trinajstić information content (AvgIpc) is 2.55. The van der Waals surface area contributed by atoms with Crippen LogP contribution in [0.5, 0.6) is 0 Å². The van der Waals surface area contributed by atoms with Gasteiger partial charge < -0.3 is 0 Å². The van der Waals surface area contributed by atoms with E-state index in [1.54, 1.807) is 37.3 Å². The number of hydrogen-bond acceptors (Lipinski definition) is 3. The van der Waals surface area contributed by atoms with Crippen LogP contribution in [-0.4, -0.2) is 18.1 Å². The Kier molecular flexibility index (Phi) is 4.32. The van der Waals surface area contributed by atoms with Crippen molar-refractivity contribution in [2.45, 2.75) is 19.1 Å². The SMILES string of the molecule is C[C@@H]1N=CNN=C1c1ccc(-c2ccc(Cl)cc2)c(C(F)(F)F)c1. The Labute approximate surface area is 141 Å². The average molecular weight is 352 g/mol. The summed E-state index contributed by atoms with van der Waals surface area (Å²) in [5.41, 5.74) is 3.26. The number of alkyl halides is 3. The van der Waals surface area contributed by atoms with Crippen LogP contribution in [0.3, 0.4) is 0 Å². The first kappa shape index (κ1) is 16.5. The lowest BCUT2D eigenvalue weighted by molar-refractivity contribution is -0.137. The molecule has 1 aliphatic heterocycles. The fourth-order valence-corrected chi connectivity index (χ4v) is 2.66. The van der Waals surface area contributed by atoms with Crippen molar-refractivity contribution in [3.8, 4) is 11.1 Å². The van der Waals surface area contributed by atoms with Crippen molar-refractivity contribution in [2.75, 3.05) is 0 Å². The lowest BCUT2D eigenvalue weighted by atomic mass is 9.94. The van der Waals surface area contributed by atoms with E-state index < -0.39 is 11.7 Å². The van der Waals surface area contributed by atoms with E-state index in [-0.39, 0.29) is 11.6 Å². The lowest BCUT2D eigenvalue weighted by Crippen LogP contribution is -2.26. The van der Waals surface area contributed by atoms with Crippen LogP contribution in [0, 0.1) is 0 Å². The van der Waals surface area contributed by atoms with Crippen molar-refractivity contribution in [2.24, 2.45) is 10.1 Å². The molecule has 7 heteroatoms. The van der Waals surface area contributed by atoms with E-state index in [9.17, 15) is 13.2 Å². The Bertz CT molecular complexity index is 811. The lowest BCUT2D eigenvalue weighted by Gasteiger charge is -2.18. The molecule has 0 bridgehead atoms. The van der Waals surface area contributed by atoms with Crippen molar-refractivity contribution in [1.29, 1.82) is 0 Å². The van der Waals surface area contributed by atoms with E-state index in [2.05, 4.69) is 15.5 Å². The van der Waals surface area contributed by atoms with Gasteiger partial charge in [-0.15, -0.1) is 0 Å². The molecule has 0 amide bonds. The van der Waals surface area contributed by atoms with Crippen LogP contribution in [0.2, 0.25) is 5.02 Å². The number of aliphatic imine (C=N–C) groups is 1. The molecule has 0 spiro atoms. The summed E-state index contributed by atoms with van der Waals surface area (Å²) in [5, 5.41) is 4.52. The predicted octanol–water partition coefficient (Wildman–Crippen LogP) is 4.75. The normalized spacial score (nSPS) is 17.4. The molecule has 0 aromatic heterocycles. The Hall–Kier alpha value is -2.34. The van der Waals surface area contributed by atoms with E-state index in [1.165, 1.54) is 12.4 Å². The van der Waals surface area contributed by atoms with E-state index in [4.69, 9.17) is 11.6 Å². The summed E-state index contributed by atoms with van der Waals surface area (Å²) in [7, 11) is 0. The van der Waals surface area contributed by atoms with Gasteiger partial charge in [0.15, 0.2) is 0 Å². The summed E-state index contributed by atoms with van der Waals surface area (Å²) in [4.78, 5) is 4.11. The highest BCUT2D eigenvalue weighted by molar-refractivity contribution is 6.30. The zero-order valence-corrected chi connectivity index (χ0v) is 13.4. The molecule has 0 radical (unpaired) electrons. The van der Waals surface area contributed by atoms with Gasteiger partial charge in [0.25, 0.3) is 0 Å². The van der Waals surface area contributed by atoms with Gasteiger partial charge in [-0.25, -0.2) is 0 Å². The van der Waals surface area contributed by atoms with E-state index in [1.807, 2.05) is 0 Å². The molecule has 1 heterocycles. The maximum atomic E-state index is 13.5. The number of rotatable bonds is 2. The number of benzene rings is 2. The summed E-state index contributed by atoms with van der Waals surface area (Å²) in [6.45, 7) is 1.77. The Morgan fingerprint density at radius 3 is 2.33 bits per heavy atom. The Morgan fingerprint density at radius 2 is 1.71 bits per heavy atom. The van der Waals surface area contributed by atoms with Crippen LogP contribution in [0.15, 0.2) is 52.6 Å². The number of hydrogen-bond donors (Lipinski definition) is 1. The third-order valence-corrected chi connectivity index (χ3v) is 3.96. The minimum atomic E-state index is -4.49. The van der Waals surface area contributed by atoms with Gasteiger partial charge in [-0.1, -0.05) is 35.9 Å². The van der Waals surface area contributed by atoms with Crippen molar-refractivity contribution in [3.05, 3.63) is 58.6 Å². The first-order chi connectivity index (χ1) is 11.4. The van der Waals surface area contributed by atoms with Gasteiger partial charge in [0.2, 0.25) is 0 Å². The largest absolute Gasteiger partial charge is 0.417 e. The molecule has 0 aliphatic carbocycles. The minimum Gasteiger partial charge on any atom is -0.268 e. The topological polar surface area (TPSA) is 36.8 Å². The molecule has 1 atom stereocenters. The molecular formula is C17H13ClF3N3. The first-order valence-corrected chi connectivity index (χ1v) is 7.56. The van der Waals surface area contributed by atoms with Gasteiger partial charge >= 0.3 is 6.18 Å². The van der Waals surface area contributed by atoms with Crippen LogP contribution in [0.1, 0.15) is 18.1 Å². The molecule has 3 nitrogen and oxygen atoms in total. The molecule has 0 saturated carbocycles. The molecule has 0 fully saturated rings. The van der Waals surface area contributed by atoms with Crippen molar-refractivity contribution < 1.29 is 13.2 Å². The highest BCUT2D eigenvalue weighted by atomic mass is 35.5. The maximum Gasteiger partial charge on any atom is 0.417 e. The van der Waals surface area contributed by atoms with Gasteiger partial charge in [-0.05, 0) is 36.2 Å².